The first-order valence-corrected chi connectivity index (χ1v) is 12.4. The normalized spacial score (nSPS) is 16.9. The largest absolute Gasteiger partial charge is 0.350 e. The fourth-order valence-corrected chi connectivity index (χ4v) is 4.96. The molecule has 2 aromatic carbocycles. The molecule has 34 heavy (non-hydrogen) atoms. The van der Waals surface area contributed by atoms with Gasteiger partial charge in [-0.25, -0.2) is 0 Å². The number of anilines is 2. The maximum atomic E-state index is 13.0. The molecule has 0 aromatic heterocycles. The minimum Gasteiger partial charge on any atom is -0.350 e. The van der Waals surface area contributed by atoms with Crippen molar-refractivity contribution in [2.75, 3.05) is 10.6 Å². The van der Waals surface area contributed by atoms with Crippen LogP contribution < -0.4 is 10.6 Å². The average molecular weight is 480 g/mol. The van der Waals surface area contributed by atoms with Crippen LogP contribution in [0.25, 0.3) is 0 Å². The summed E-state index contributed by atoms with van der Waals surface area (Å²) in [6.45, 7) is 4.13. The number of halogens is 1. The summed E-state index contributed by atoms with van der Waals surface area (Å²) in [6, 6.07) is 12.8. The maximum Gasteiger partial charge on any atom is 0.279 e. The highest BCUT2D eigenvalue weighted by molar-refractivity contribution is 6.48. The molecule has 0 saturated heterocycles. The monoisotopic (exact) mass is 479 g/mol. The predicted octanol–water partition coefficient (Wildman–Crippen LogP) is 5.63. The van der Waals surface area contributed by atoms with Crippen molar-refractivity contribution in [3.8, 4) is 0 Å². The summed E-state index contributed by atoms with van der Waals surface area (Å²) in [5.74, 6) is -1.01. The zero-order chi connectivity index (χ0) is 24.2. The number of benzene rings is 2. The van der Waals surface area contributed by atoms with Gasteiger partial charge in [0.2, 0.25) is 0 Å². The first kappa shape index (κ1) is 24.0. The molecule has 1 fully saturated rings. The van der Waals surface area contributed by atoms with Crippen molar-refractivity contribution < 1.29 is 14.4 Å². The summed E-state index contributed by atoms with van der Waals surface area (Å²) in [6.07, 6.45) is 6.43. The minimum absolute atomic E-state index is 0.0827. The van der Waals surface area contributed by atoms with Gasteiger partial charge in [-0.1, -0.05) is 62.9 Å². The highest BCUT2D eigenvalue weighted by Crippen LogP contribution is 2.32. The molecule has 0 unspecified atom stereocenters. The fourth-order valence-electron chi connectivity index (χ4n) is 4.74. The van der Waals surface area contributed by atoms with Gasteiger partial charge in [0.25, 0.3) is 17.7 Å². The number of imide groups is 1. The van der Waals surface area contributed by atoms with E-state index in [0.29, 0.717) is 11.3 Å². The number of nitrogens with one attached hydrogen (secondary N) is 2. The second-order valence-corrected chi connectivity index (χ2v) is 9.15. The molecule has 1 aliphatic heterocycles. The number of rotatable bonds is 7. The van der Waals surface area contributed by atoms with Crippen LogP contribution in [-0.2, 0) is 22.4 Å². The van der Waals surface area contributed by atoms with E-state index in [9.17, 15) is 14.4 Å². The van der Waals surface area contributed by atoms with E-state index in [0.717, 1.165) is 61.8 Å². The number of hydrogen-bond acceptors (Lipinski definition) is 4. The van der Waals surface area contributed by atoms with Crippen molar-refractivity contribution in [3.05, 3.63) is 69.9 Å². The Morgan fingerprint density at radius 3 is 2.15 bits per heavy atom. The third-order valence-electron chi connectivity index (χ3n) is 6.65. The van der Waals surface area contributed by atoms with Crippen LogP contribution in [0.15, 0.2) is 53.2 Å². The van der Waals surface area contributed by atoms with Crippen LogP contribution in [-0.4, -0.2) is 28.7 Å². The topological polar surface area (TPSA) is 78.5 Å². The summed E-state index contributed by atoms with van der Waals surface area (Å²) < 4.78 is 0. The van der Waals surface area contributed by atoms with Gasteiger partial charge in [-0.15, -0.1) is 0 Å². The van der Waals surface area contributed by atoms with Gasteiger partial charge in [0.05, 0.1) is 0 Å². The summed E-state index contributed by atoms with van der Waals surface area (Å²) in [4.78, 5) is 39.8. The Balaban J connectivity index is 1.47. The van der Waals surface area contributed by atoms with Crippen LogP contribution >= 0.6 is 11.6 Å². The number of amides is 3. The Hall–Kier alpha value is -3.12. The molecule has 2 N–H and O–H groups in total. The molecular formula is C27H30ClN3O3. The van der Waals surface area contributed by atoms with Gasteiger partial charge in [-0.2, -0.15) is 0 Å². The van der Waals surface area contributed by atoms with E-state index >= 15 is 0 Å². The van der Waals surface area contributed by atoms with Gasteiger partial charge in [-0.05, 0) is 61.1 Å². The summed E-state index contributed by atoms with van der Waals surface area (Å²) in [5.41, 5.74) is 4.24. The van der Waals surface area contributed by atoms with Gasteiger partial charge in [0, 0.05) is 23.0 Å². The van der Waals surface area contributed by atoms with Crippen molar-refractivity contribution in [1.29, 1.82) is 0 Å². The van der Waals surface area contributed by atoms with Crippen LogP contribution in [0.1, 0.15) is 67.4 Å². The van der Waals surface area contributed by atoms with Crippen LogP contribution in [0.5, 0.6) is 0 Å². The molecule has 1 heterocycles. The Bertz CT molecular complexity index is 1110. The molecule has 0 spiro atoms. The van der Waals surface area contributed by atoms with Crippen molar-refractivity contribution in [2.24, 2.45) is 0 Å². The summed E-state index contributed by atoms with van der Waals surface area (Å²) in [5, 5.41) is 5.97. The van der Waals surface area contributed by atoms with Crippen molar-refractivity contribution in [1.82, 2.24) is 4.90 Å². The third-order valence-corrected chi connectivity index (χ3v) is 7.00. The fraction of sp³-hybridized carbons (Fsp3) is 0.370. The van der Waals surface area contributed by atoms with Crippen molar-refractivity contribution in [2.45, 2.75) is 64.8 Å². The number of para-hydroxylation sites is 1. The number of aryl methyl sites for hydroxylation is 2. The Morgan fingerprint density at radius 1 is 0.941 bits per heavy atom. The summed E-state index contributed by atoms with van der Waals surface area (Å²) >= 11 is 6.26. The van der Waals surface area contributed by atoms with E-state index in [-0.39, 0.29) is 28.6 Å². The lowest BCUT2D eigenvalue weighted by molar-refractivity contribution is -0.140. The zero-order valence-corrected chi connectivity index (χ0v) is 20.4. The second kappa shape index (κ2) is 10.4. The highest BCUT2D eigenvalue weighted by atomic mass is 35.5. The minimum atomic E-state index is -0.432. The Kier molecular flexibility index (Phi) is 7.37. The van der Waals surface area contributed by atoms with E-state index in [2.05, 4.69) is 24.5 Å². The molecule has 178 valence electrons. The van der Waals surface area contributed by atoms with Crippen LogP contribution in [0.2, 0.25) is 0 Å². The Morgan fingerprint density at radius 2 is 1.56 bits per heavy atom. The third kappa shape index (κ3) is 4.73. The lowest BCUT2D eigenvalue weighted by atomic mass is 9.94. The lowest BCUT2D eigenvalue weighted by Crippen LogP contribution is -2.42. The first-order chi connectivity index (χ1) is 16.4. The van der Waals surface area contributed by atoms with Gasteiger partial charge >= 0.3 is 0 Å². The molecule has 6 nitrogen and oxygen atoms in total. The SMILES string of the molecule is CCc1cccc(CC)c1NC(=O)c1ccc(NC2=C(Cl)C(=O)N(C3CCCCC3)C2=O)cc1. The Labute approximate surface area is 205 Å². The first-order valence-electron chi connectivity index (χ1n) is 12.0. The molecule has 0 bridgehead atoms. The zero-order valence-electron chi connectivity index (χ0n) is 19.6. The lowest BCUT2D eigenvalue weighted by Gasteiger charge is -2.29. The van der Waals surface area contributed by atoms with Gasteiger partial charge in [-0.3, -0.25) is 19.3 Å². The standard InChI is InChI=1S/C27H30ClN3O3/c1-3-17-9-8-10-18(4-2)23(17)30-25(32)19-13-15-20(16-14-19)29-24-22(28)26(33)31(27(24)34)21-11-6-5-7-12-21/h8-10,13-16,21,29H,3-7,11-12H2,1-2H3,(H,30,32). The van der Waals surface area contributed by atoms with Crippen LogP contribution in [0, 0.1) is 0 Å². The molecule has 0 radical (unpaired) electrons. The summed E-state index contributed by atoms with van der Waals surface area (Å²) in [7, 11) is 0. The van der Waals surface area contributed by atoms with Crippen molar-refractivity contribution >= 4 is 40.7 Å². The number of carbonyl (C=O) groups excluding carboxylic acids is 3. The molecule has 4 rings (SSSR count). The average Bonchev–Trinajstić information content (AvgIpc) is 3.08. The van der Waals surface area contributed by atoms with E-state index in [1.807, 2.05) is 18.2 Å². The molecule has 2 aromatic rings. The maximum absolute atomic E-state index is 13.0. The molecule has 1 saturated carbocycles. The predicted molar refractivity (Wildman–Crippen MR) is 135 cm³/mol. The smallest absolute Gasteiger partial charge is 0.279 e. The number of nitrogens with zero attached hydrogens (tertiary/aromatic N) is 1. The quantitative estimate of drug-likeness (QED) is 0.504. The van der Waals surface area contributed by atoms with E-state index in [1.165, 1.54) is 4.90 Å². The van der Waals surface area contributed by atoms with Gasteiger partial charge < -0.3 is 10.6 Å². The molecule has 0 atom stereocenters. The molecule has 1 aliphatic carbocycles. The van der Waals surface area contributed by atoms with E-state index in [1.54, 1.807) is 24.3 Å². The van der Waals surface area contributed by atoms with Crippen LogP contribution in [0.4, 0.5) is 11.4 Å². The van der Waals surface area contributed by atoms with Gasteiger partial charge in [0.1, 0.15) is 10.7 Å². The van der Waals surface area contributed by atoms with E-state index < -0.39 is 5.91 Å². The molecule has 2 aliphatic rings. The second-order valence-electron chi connectivity index (χ2n) is 8.78. The van der Waals surface area contributed by atoms with Crippen LogP contribution in [0.3, 0.4) is 0 Å². The highest BCUT2D eigenvalue weighted by Gasteiger charge is 2.42. The molecular weight excluding hydrogens is 450 g/mol. The van der Waals surface area contributed by atoms with Crippen molar-refractivity contribution in [3.63, 3.8) is 0 Å². The molecule has 3 amide bonds. The molecule has 7 heteroatoms. The number of carbonyl (C=O) groups is 3. The van der Waals surface area contributed by atoms with E-state index in [4.69, 9.17) is 11.6 Å². The van der Waals surface area contributed by atoms with Gasteiger partial charge in [0.15, 0.2) is 0 Å². The number of hydrogen-bond donors (Lipinski definition) is 2.